The molecule has 1 aromatic rings. The van der Waals surface area contributed by atoms with Crippen LogP contribution in [0.15, 0.2) is 23.1 Å². The molecule has 1 saturated heterocycles. The number of carbonyl (C=O) groups excluding carboxylic acids is 1. The van der Waals surface area contributed by atoms with E-state index in [4.69, 9.17) is 0 Å². The fourth-order valence-corrected chi connectivity index (χ4v) is 2.84. The minimum atomic E-state index is -1.41. The van der Waals surface area contributed by atoms with Crippen molar-refractivity contribution in [1.82, 2.24) is 4.90 Å². The Morgan fingerprint density at radius 3 is 2.81 bits per heavy atom. The van der Waals surface area contributed by atoms with Gasteiger partial charge in [-0.05, 0) is 30.5 Å². The topological polar surface area (TPSA) is 69.6 Å². The molecule has 2 N–H and O–H groups in total. The van der Waals surface area contributed by atoms with Gasteiger partial charge in [-0.2, -0.15) is 0 Å². The van der Waals surface area contributed by atoms with Crippen molar-refractivity contribution in [1.29, 1.82) is 0 Å². The number of benzene rings is 1. The predicted octanol–water partition coefficient (Wildman–Crippen LogP) is 1.80. The molecule has 5 nitrogen and oxygen atoms in total. The molecule has 0 saturated carbocycles. The van der Waals surface area contributed by atoms with Crippen molar-refractivity contribution >= 4 is 22.5 Å². The molecule has 2 rings (SSSR count). The van der Waals surface area contributed by atoms with E-state index >= 15 is 0 Å². The lowest BCUT2D eigenvalue weighted by molar-refractivity contribution is 0.0464. The molecule has 2 amide bonds. The number of nitrogens with one attached hydrogen (secondary N) is 1. The van der Waals surface area contributed by atoms with Crippen molar-refractivity contribution < 1.29 is 18.5 Å². The van der Waals surface area contributed by atoms with Gasteiger partial charge in [0.25, 0.3) is 0 Å². The zero-order chi connectivity index (χ0) is 15.6. The number of piperidine rings is 1. The lowest BCUT2D eigenvalue weighted by Gasteiger charge is -2.34. The molecule has 1 aliphatic heterocycles. The monoisotopic (exact) mass is 314 g/mol. The largest absolute Gasteiger partial charge is 0.391 e. The molecule has 0 radical (unpaired) electrons. The van der Waals surface area contributed by atoms with Gasteiger partial charge in [-0.3, -0.25) is 4.21 Å². The molecular weight excluding hydrogens is 295 g/mol. The Labute approximate surface area is 125 Å². The number of hydrogen-bond acceptors (Lipinski definition) is 3. The van der Waals surface area contributed by atoms with Crippen LogP contribution < -0.4 is 5.32 Å². The highest BCUT2D eigenvalue weighted by atomic mass is 32.2. The van der Waals surface area contributed by atoms with Crippen molar-refractivity contribution in [3.63, 3.8) is 0 Å². The number of anilines is 1. The Bertz CT molecular complexity index is 567. The molecular formula is C14H19FN2O3S. The van der Waals surface area contributed by atoms with Gasteiger partial charge in [0.15, 0.2) is 0 Å². The second-order valence-corrected chi connectivity index (χ2v) is 6.66. The molecule has 1 aromatic carbocycles. The quantitative estimate of drug-likeness (QED) is 0.874. The highest BCUT2D eigenvalue weighted by molar-refractivity contribution is 7.84. The third-order valence-electron chi connectivity index (χ3n) is 3.70. The summed E-state index contributed by atoms with van der Waals surface area (Å²) in [4.78, 5) is 13.7. The third-order valence-corrected chi connectivity index (χ3v) is 4.65. The van der Waals surface area contributed by atoms with Crippen molar-refractivity contribution in [2.45, 2.75) is 24.3 Å². The van der Waals surface area contributed by atoms with Crippen LogP contribution >= 0.6 is 0 Å². The van der Waals surface area contributed by atoms with Gasteiger partial charge >= 0.3 is 6.03 Å². The van der Waals surface area contributed by atoms with Crippen LogP contribution in [0.25, 0.3) is 0 Å². The number of halogens is 1. The van der Waals surface area contributed by atoms with Crippen LogP contribution in [0.3, 0.4) is 0 Å². The smallest absolute Gasteiger partial charge is 0.321 e. The number of aliphatic hydroxyl groups is 1. The van der Waals surface area contributed by atoms with E-state index in [-0.39, 0.29) is 23.4 Å². The van der Waals surface area contributed by atoms with E-state index in [2.05, 4.69) is 5.32 Å². The average molecular weight is 314 g/mol. The Balaban J connectivity index is 2.03. The summed E-state index contributed by atoms with van der Waals surface area (Å²) in [6.45, 7) is 2.77. The minimum absolute atomic E-state index is 0.107. The van der Waals surface area contributed by atoms with Gasteiger partial charge in [0.05, 0.1) is 21.8 Å². The molecule has 0 spiro atoms. The Morgan fingerprint density at radius 1 is 1.52 bits per heavy atom. The maximum atomic E-state index is 13.7. The van der Waals surface area contributed by atoms with Crippen LogP contribution in [-0.4, -0.2) is 45.7 Å². The minimum Gasteiger partial charge on any atom is -0.391 e. The molecule has 1 aliphatic rings. The number of hydrogen-bond donors (Lipinski definition) is 2. The van der Waals surface area contributed by atoms with Gasteiger partial charge in [-0.1, -0.05) is 6.92 Å². The molecule has 21 heavy (non-hydrogen) atoms. The summed E-state index contributed by atoms with van der Waals surface area (Å²) in [6.07, 6.45) is 1.59. The second kappa shape index (κ2) is 6.53. The van der Waals surface area contributed by atoms with Crippen LogP contribution in [-0.2, 0) is 10.8 Å². The van der Waals surface area contributed by atoms with Crippen LogP contribution in [0.1, 0.15) is 13.3 Å². The average Bonchev–Trinajstić information content (AvgIpc) is 2.41. The van der Waals surface area contributed by atoms with Gasteiger partial charge in [-0.15, -0.1) is 0 Å². The van der Waals surface area contributed by atoms with Gasteiger partial charge in [0.2, 0.25) is 0 Å². The summed E-state index contributed by atoms with van der Waals surface area (Å²) < 4.78 is 25.0. The molecule has 1 heterocycles. The highest BCUT2D eigenvalue weighted by Gasteiger charge is 2.27. The van der Waals surface area contributed by atoms with Crippen molar-refractivity contribution in [3.8, 4) is 0 Å². The van der Waals surface area contributed by atoms with Crippen LogP contribution in [0, 0.1) is 11.7 Å². The molecule has 3 atom stereocenters. The SMILES string of the molecule is CC1CCN(C(=O)Nc2ccc(S(C)=O)c(F)c2)CC1O. The first-order valence-corrected chi connectivity index (χ1v) is 8.31. The van der Waals surface area contributed by atoms with E-state index < -0.39 is 22.7 Å². The molecule has 1 fully saturated rings. The second-order valence-electron chi connectivity index (χ2n) is 5.31. The highest BCUT2D eigenvalue weighted by Crippen LogP contribution is 2.20. The molecule has 0 aliphatic carbocycles. The van der Waals surface area contributed by atoms with Crippen molar-refractivity contribution in [2.75, 3.05) is 24.7 Å². The molecule has 0 aromatic heterocycles. The molecule has 116 valence electrons. The van der Waals surface area contributed by atoms with Crippen molar-refractivity contribution in [2.24, 2.45) is 5.92 Å². The number of amides is 2. The zero-order valence-corrected chi connectivity index (χ0v) is 12.8. The lowest BCUT2D eigenvalue weighted by Crippen LogP contribution is -2.47. The summed E-state index contributed by atoms with van der Waals surface area (Å²) in [5.74, 6) is -0.439. The van der Waals surface area contributed by atoms with Crippen molar-refractivity contribution in [3.05, 3.63) is 24.0 Å². The summed E-state index contributed by atoms with van der Waals surface area (Å²) in [5.41, 5.74) is 0.305. The first-order valence-electron chi connectivity index (χ1n) is 6.75. The Morgan fingerprint density at radius 2 is 2.24 bits per heavy atom. The Kier molecular flexibility index (Phi) is 4.95. The van der Waals surface area contributed by atoms with E-state index in [0.717, 1.165) is 12.5 Å². The normalized spacial score (nSPS) is 23.7. The number of rotatable bonds is 2. The fraction of sp³-hybridized carbons (Fsp3) is 0.500. The van der Waals surface area contributed by atoms with E-state index in [9.17, 15) is 18.5 Å². The number of carbonyl (C=O) groups is 1. The van der Waals surface area contributed by atoms with Gasteiger partial charge in [-0.25, -0.2) is 9.18 Å². The molecule has 0 bridgehead atoms. The summed E-state index contributed by atoms with van der Waals surface area (Å²) in [5, 5.41) is 12.4. The standard InChI is InChI=1S/C14H19FN2O3S/c1-9-5-6-17(8-12(9)18)14(19)16-10-3-4-13(21(2)20)11(15)7-10/h3-4,7,9,12,18H,5-6,8H2,1-2H3,(H,16,19). The number of likely N-dealkylation sites (tertiary alicyclic amines) is 1. The van der Waals surface area contributed by atoms with E-state index in [1.165, 1.54) is 23.3 Å². The lowest BCUT2D eigenvalue weighted by atomic mass is 9.96. The number of urea groups is 1. The first-order chi connectivity index (χ1) is 9.88. The predicted molar refractivity (Wildman–Crippen MR) is 79.1 cm³/mol. The molecule has 7 heteroatoms. The van der Waals surface area contributed by atoms with Gasteiger partial charge < -0.3 is 15.3 Å². The van der Waals surface area contributed by atoms with Gasteiger partial charge in [0, 0.05) is 25.0 Å². The summed E-state index contributed by atoms with van der Waals surface area (Å²) >= 11 is 0. The zero-order valence-electron chi connectivity index (χ0n) is 12.0. The maximum absolute atomic E-state index is 13.7. The third kappa shape index (κ3) is 3.79. The number of β-amino-alcohol motifs (C(OH)–C–C–N with tert-alkyl or cyclic N) is 1. The van der Waals surface area contributed by atoms with Crippen LogP contribution in [0.4, 0.5) is 14.9 Å². The number of nitrogens with zero attached hydrogens (tertiary/aromatic N) is 1. The summed E-state index contributed by atoms with van der Waals surface area (Å²) in [6, 6.07) is 3.69. The maximum Gasteiger partial charge on any atom is 0.321 e. The first kappa shape index (κ1) is 15.9. The fourth-order valence-electron chi connectivity index (χ4n) is 2.25. The summed E-state index contributed by atoms with van der Waals surface area (Å²) in [7, 11) is -1.41. The van der Waals surface area contributed by atoms with E-state index in [1.807, 2.05) is 6.92 Å². The van der Waals surface area contributed by atoms with E-state index in [1.54, 1.807) is 0 Å². The van der Waals surface area contributed by atoms with Gasteiger partial charge in [0.1, 0.15) is 5.82 Å². The van der Waals surface area contributed by atoms with Crippen LogP contribution in [0.5, 0.6) is 0 Å². The molecule has 3 unspecified atom stereocenters. The Hall–Kier alpha value is -1.47. The number of aliphatic hydroxyl groups excluding tert-OH is 1. The van der Waals surface area contributed by atoms with E-state index in [0.29, 0.717) is 12.2 Å². The van der Waals surface area contributed by atoms with Crippen LogP contribution in [0.2, 0.25) is 0 Å².